The van der Waals surface area contributed by atoms with Crippen LogP contribution in [-0.4, -0.2) is 30.0 Å². The highest BCUT2D eigenvalue weighted by molar-refractivity contribution is 5.96. The highest BCUT2D eigenvalue weighted by Gasteiger charge is 2.23. The summed E-state index contributed by atoms with van der Waals surface area (Å²) in [6.07, 6.45) is -0.0196. The fourth-order valence-electron chi connectivity index (χ4n) is 2.25. The van der Waals surface area contributed by atoms with Crippen LogP contribution in [0.2, 0.25) is 0 Å². The highest BCUT2D eigenvalue weighted by Crippen LogP contribution is 2.14. The number of methoxy groups -OCH3 is 1. The van der Waals surface area contributed by atoms with Crippen LogP contribution in [0.3, 0.4) is 0 Å². The number of benzene rings is 2. The first kappa shape index (κ1) is 19.0. The molecule has 0 heterocycles. The second-order valence-corrected chi connectivity index (χ2v) is 5.34. The Bertz CT molecular complexity index is 819. The minimum absolute atomic E-state index is 0.0196. The van der Waals surface area contributed by atoms with Crippen LogP contribution in [0, 0.1) is 21.7 Å². The second-order valence-electron chi connectivity index (χ2n) is 5.34. The molecule has 0 aliphatic heterocycles. The Morgan fingerprint density at radius 1 is 1.15 bits per heavy atom. The van der Waals surface area contributed by atoms with E-state index in [2.05, 4.69) is 10.1 Å². The van der Waals surface area contributed by atoms with Crippen LogP contribution >= 0.6 is 0 Å². The Labute approximate surface area is 146 Å². The minimum atomic E-state index is -1.14. The molecule has 2 rings (SSSR count). The molecule has 0 saturated heterocycles. The van der Waals surface area contributed by atoms with E-state index in [1.807, 2.05) is 0 Å². The van der Waals surface area contributed by atoms with E-state index in [1.54, 1.807) is 0 Å². The van der Waals surface area contributed by atoms with Gasteiger partial charge in [-0.3, -0.25) is 14.9 Å². The molecular weight excluding hydrogens is 350 g/mol. The van der Waals surface area contributed by atoms with Gasteiger partial charge in [0.1, 0.15) is 17.7 Å². The maximum Gasteiger partial charge on any atom is 0.328 e. The van der Waals surface area contributed by atoms with E-state index in [4.69, 9.17) is 0 Å². The van der Waals surface area contributed by atoms with Crippen LogP contribution in [0.15, 0.2) is 42.5 Å². The topological polar surface area (TPSA) is 98.5 Å². The number of esters is 1. The van der Waals surface area contributed by atoms with Crippen LogP contribution in [0.4, 0.5) is 14.5 Å². The number of hydrogen-bond acceptors (Lipinski definition) is 5. The lowest BCUT2D eigenvalue weighted by Gasteiger charge is -2.16. The minimum Gasteiger partial charge on any atom is -0.467 e. The van der Waals surface area contributed by atoms with Crippen LogP contribution in [0.25, 0.3) is 0 Å². The number of nitrogens with zero attached hydrogens (tertiary/aromatic N) is 1. The lowest BCUT2D eigenvalue weighted by atomic mass is 10.0. The molecule has 7 nitrogen and oxygen atoms in total. The van der Waals surface area contributed by atoms with E-state index in [9.17, 15) is 28.5 Å². The summed E-state index contributed by atoms with van der Waals surface area (Å²) in [5.41, 5.74) is 0.111. The SMILES string of the molecule is COC(=O)[C@H](Cc1ccc([N+](=O)[O-])cc1)NC(=O)c1cc(F)cc(F)c1. The number of carbonyl (C=O) groups excluding carboxylic acids is 2. The first-order valence-corrected chi connectivity index (χ1v) is 7.38. The van der Waals surface area contributed by atoms with Gasteiger partial charge in [-0.15, -0.1) is 0 Å². The molecule has 0 unspecified atom stereocenters. The van der Waals surface area contributed by atoms with Gasteiger partial charge in [-0.1, -0.05) is 12.1 Å². The molecule has 0 spiro atoms. The maximum absolute atomic E-state index is 13.2. The number of amides is 1. The molecular formula is C17H14F2N2O5. The molecule has 1 N–H and O–H groups in total. The van der Waals surface area contributed by atoms with Crippen molar-refractivity contribution in [3.63, 3.8) is 0 Å². The number of carbonyl (C=O) groups is 2. The Morgan fingerprint density at radius 3 is 2.23 bits per heavy atom. The first-order valence-electron chi connectivity index (χ1n) is 7.38. The number of rotatable bonds is 6. The Morgan fingerprint density at radius 2 is 1.73 bits per heavy atom. The van der Waals surface area contributed by atoms with Crippen molar-refractivity contribution in [2.45, 2.75) is 12.5 Å². The Hall–Kier alpha value is -3.36. The van der Waals surface area contributed by atoms with Crippen molar-refractivity contribution in [1.82, 2.24) is 5.32 Å². The van der Waals surface area contributed by atoms with Gasteiger partial charge in [0, 0.05) is 30.2 Å². The fraction of sp³-hybridized carbons (Fsp3) is 0.176. The van der Waals surface area contributed by atoms with Crippen LogP contribution < -0.4 is 5.32 Å². The summed E-state index contributed by atoms with van der Waals surface area (Å²) in [6.45, 7) is 0. The van der Waals surface area contributed by atoms with Crippen molar-refractivity contribution in [1.29, 1.82) is 0 Å². The summed E-state index contributed by atoms with van der Waals surface area (Å²) in [6, 6.07) is 6.52. The van der Waals surface area contributed by atoms with Gasteiger partial charge in [-0.25, -0.2) is 13.6 Å². The number of ether oxygens (including phenoxy) is 1. The van der Waals surface area contributed by atoms with Gasteiger partial charge < -0.3 is 10.1 Å². The third-order valence-electron chi connectivity index (χ3n) is 3.50. The molecule has 0 aliphatic carbocycles. The number of non-ortho nitro benzene ring substituents is 1. The standard InChI is InChI=1S/C17H14F2N2O5/c1-26-17(23)15(6-10-2-4-14(5-3-10)21(24)25)20-16(22)11-7-12(18)9-13(19)8-11/h2-5,7-9,15H,6H2,1H3,(H,20,22)/t15-/m0/s1. The zero-order valence-corrected chi connectivity index (χ0v) is 13.6. The van der Waals surface area contributed by atoms with Gasteiger partial charge >= 0.3 is 5.97 Å². The number of nitro benzene ring substituents is 1. The van der Waals surface area contributed by atoms with E-state index in [0.29, 0.717) is 11.6 Å². The lowest BCUT2D eigenvalue weighted by Crippen LogP contribution is -2.43. The summed E-state index contributed by atoms with van der Waals surface area (Å²) in [7, 11) is 1.12. The van der Waals surface area contributed by atoms with Gasteiger partial charge in [0.25, 0.3) is 11.6 Å². The van der Waals surface area contributed by atoms with E-state index >= 15 is 0 Å². The fourth-order valence-corrected chi connectivity index (χ4v) is 2.25. The molecule has 0 saturated carbocycles. The summed E-state index contributed by atoms with van der Waals surface area (Å²) < 4.78 is 31.1. The number of nitrogens with one attached hydrogen (secondary N) is 1. The quantitative estimate of drug-likeness (QED) is 0.482. The molecule has 1 amide bonds. The second kappa shape index (κ2) is 8.15. The number of hydrogen-bond donors (Lipinski definition) is 1. The molecule has 26 heavy (non-hydrogen) atoms. The van der Waals surface area contributed by atoms with E-state index in [-0.39, 0.29) is 17.7 Å². The van der Waals surface area contributed by atoms with Crippen molar-refractivity contribution in [3.05, 3.63) is 75.3 Å². The molecule has 0 aliphatic rings. The third kappa shape index (κ3) is 4.82. The van der Waals surface area contributed by atoms with Crippen LogP contribution in [0.1, 0.15) is 15.9 Å². The van der Waals surface area contributed by atoms with Crippen molar-refractivity contribution in [3.8, 4) is 0 Å². The molecule has 1 atom stereocenters. The third-order valence-corrected chi connectivity index (χ3v) is 3.50. The van der Waals surface area contributed by atoms with Gasteiger partial charge in [-0.2, -0.15) is 0 Å². The van der Waals surface area contributed by atoms with Crippen molar-refractivity contribution in [2.24, 2.45) is 0 Å². The Kier molecular flexibility index (Phi) is 5.94. The zero-order chi connectivity index (χ0) is 19.3. The molecule has 0 bridgehead atoms. The van der Waals surface area contributed by atoms with E-state index in [0.717, 1.165) is 19.2 Å². The predicted molar refractivity (Wildman–Crippen MR) is 86.4 cm³/mol. The summed E-state index contributed by atoms with van der Waals surface area (Å²) in [5, 5.41) is 13.0. The monoisotopic (exact) mass is 364 g/mol. The van der Waals surface area contributed by atoms with Crippen molar-refractivity contribution in [2.75, 3.05) is 7.11 Å². The molecule has 0 radical (unpaired) electrons. The van der Waals surface area contributed by atoms with Gasteiger partial charge in [0.2, 0.25) is 0 Å². The molecule has 0 fully saturated rings. The normalized spacial score (nSPS) is 11.5. The van der Waals surface area contributed by atoms with Crippen LogP contribution in [0.5, 0.6) is 0 Å². The molecule has 136 valence electrons. The molecule has 2 aromatic rings. The summed E-state index contributed by atoms with van der Waals surface area (Å²) in [4.78, 5) is 34.2. The lowest BCUT2D eigenvalue weighted by molar-refractivity contribution is -0.384. The van der Waals surface area contributed by atoms with Crippen LogP contribution in [-0.2, 0) is 16.0 Å². The van der Waals surface area contributed by atoms with Gasteiger partial charge in [0.05, 0.1) is 12.0 Å². The average molecular weight is 364 g/mol. The molecule has 2 aromatic carbocycles. The van der Waals surface area contributed by atoms with E-state index in [1.165, 1.54) is 24.3 Å². The number of halogens is 2. The highest BCUT2D eigenvalue weighted by atomic mass is 19.1. The number of nitro groups is 1. The molecule has 9 heteroatoms. The zero-order valence-electron chi connectivity index (χ0n) is 13.6. The maximum atomic E-state index is 13.2. The van der Waals surface area contributed by atoms with Crippen molar-refractivity contribution < 1.29 is 28.0 Å². The van der Waals surface area contributed by atoms with Gasteiger partial charge in [-0.05, 0) is 17.7 Å². The first-order chi connectivity index (χ1) is 12.3. The largest absolute Gasteiger partial charge is 0.467 e. The average Bonchev–Trinajstić information content (AvgIpc) is 2.60. The van der Waals surface area contributed by atoms with Crippen molar-refractivity contribution >= 4 is 17.6 Å². The van der Waals surface area contributed by atoms with Gasteiger partial charge in [0.15, 0.2) is 0 Å². The molecule has 0 aromatic heterocycles. The van der Waals surface area contributed by atoms with E-state index < -0.39 is 34.5 Å². The smallest absolute Gasteiger partial charge is 0.328 e. The summed E-state index contributed by atoms with van der Waals surface area (Å²) in [5.74, 6) is -3.49. The Balaban J connectivity index is 2.17. The summed E-state index contributed by atoms with van der Waals surface area (Å²) >= 11 is 0. The predicted octanol–water partition coefficient (Wildman–Crippen LogP) is 2.39.